The molecular formula is C15H23N3O2. The topological polar surface area (TPSA) is 58.8 Å². The van der Waals surface area contributed by atoms with Crippen molar-refractivity contribution in [2.24, 2.45) is 0 Å². The summed E-state index contributed by atoms with van der Waals surface area (Å²) in [6, 6.07) is 5.36. The number of nitrogen functional groups attached to an aromatic ring is 1. The molecule has 5 heteroatoms. The number of carbonyl (C=O) groups excluding carboxylic acids is 1. The fraction of sp³-hybridized carbons (Fsp3) is 0.533. The van der Waals surface area contributed by atoms with E-state index in [2.05, 4.69) is 30.7 Å². The number of hydrogen-bond acceptors (Lipinski definition) is 5. The molecule has 1 heterocycles. The number of piperazine rings is 1. The van der Waals surface area contributed by atoms with Crippen LogP contribution in [0, 0.1) is 0 Å². The van der Waals surface area contributed by atoms with Gasteiger partial charge in [0.2, 0.25) is 0 Å². The number of methoxy groups -OCH3 is 1. The van der Waals surface area contributed by atoms with Crippen molar-refractivity contribution >= 4 is 17.3 Å². The highest BCUT2D eigenvalue weighted by atomic mass is 16.5. The molecule has 1 aromatic carbocycles. The monoisotopic (exact) mass is 277 g/mol. The van der Waals surface area contributed by atoms with Gasteiger partial charge in [0.15, 0.2) is 0 Å². The minimum Gasteiger partial charge on any atom is -0.465 e. The number of nitrogens with two attached hydrogens (primary N) is 1. The molecule has 20 heavy (non-hydrogen) atoms. The molecule has 5 nitrogen and oxygen atoms in total. The van der Waals surface area contributed by atoms with Crippen LogP contribution in [-0.4, -0.2) is 50.2 Å². The van der Waals surface area contributed by atoms with E-state index in [1.165, 1.54) is 7.11 Å². The summed E-state index contributed by atoms with van der Waals surface area (Å²) in [5.74, 6) is -0.359. The molecule has 0 saturated carbocycles. The minimum atomic E-state index is -0.359. The molecule has 0 radical (unpaired) electrons. The third-order valence-corrected chi connectivity index (χ3v) is 4.11. The Morgan fingerprint density at radius 1 is 1.35 bits per heavy atom. The standard InChI is InChI=1S/C15H23N3O2/c1-15(2)10-18(8-7-17(15)3)13-6-5-11(9-12(13)16)14(19)20-4/h5-6,9H,7-8,10,16H2,1-4H3. The van der Waals surface area contributed by atoms with E-state index < -0.39 is 0 Å². The van der Waals surface area contributed by atoms with Gasteiger partial charge in [-0.1, -0.05) is 0 Å². The molecule has 0 aromatic heterocycles. The van der Waals surface area contributed by atoms with E-state index in [0.717, 1.165) is 25.3 Å². The molecule has 1 aromatic rings. The van der Waals surface area contributed by atoms with E-state index in [1.54, 1.807) is 12.1 Å². The van der Waals surface area contributed by atoms with Gasteiger partial charge in [-0.25, -0.2) is 4.79 Å². The highest BCUT2D eigenvalue weighted by Gasteiger charge is 2.31. The zero-order valence-corrected chi connectivity index (χ0v) is 12.6. The zero-order chi connectivity index (χ0) is 14.9. The molecule has 110 valence electrons. The lowest BCUT2D eigenvalue weighted by Gasteiger charge is -2.46. The highest BCUT2D eigenvalue weighted by Crippen LogP contribution is 2.29. The minimum absolute atomic E-state index is 0.103. The molecule has 1 aliphatic heterocycles. The zero-order valence-electron chi connectivity index (χ0n) is 12.6. The number of anilines is 2. The van der Waals surface area contributed by atoms with Gasteiger partial charge in [0, 0.05) is 25.2 Å². The second-order valence-corrected chi connectivity index (χ2v) is 5.92. The summed E-state index contributed by atoms with van der Waals surface area (Å²) in [5.41, 5.74) is 8.30. The third kappa shape index (κ3) is 2.72. The molecule has 0 amide bonds. The Morgan fingerprint density at radius 2 is 2.05 bits per heavy atom. The van der Waals surface area contributed by atoms with Crippen molar-refractivity contribution in [1.29, 1.82) is 0 Å². The average molecular weight is 277 g/mol. The summed E-state index contributed by atoms with van der Waals surface area (Å²) < 4.78 is 4.71. The predicted molar refractivity (Wildman–Crippen MR) is 81.1 cm³/mol. The Kier molecular flexibility index (Phi) is 3.90. The van der Waals surface area contributed by atoms with Crippen molar-refractivity contribution in [2.45, 2.75) is 19.4 Å². The van der Waals surface area contributed by atoms with Gasteiger partial charge in [0.25, 0.3) is 0 Å². The quantitative estimate of drug-likeness (QED) is 0.657. The summed E-state index contributed by atoms with van der Waals surface area (Å²) >= 11 is 0. The molecule has 0 atom stereocenters. The normalized spacial score (nSPS) is 18.9. The SMILES string of the molecule is COC(=O)c1ccc(N2CCN(C)C(C)(C)C2)c(N)c1. The van der Waals surface area contributed by atoms with Crippen LogP contribution in [-0.2, 0) is 4.74 Å². The lowest BCUT2D eigenvalue weighted by atomic mass is 9.99. The highest BCUT2D eigenvalue weighted by molar-refractivity contribution is 5.92. The molecule has 1 saturated heterocycles. The number of likely N-dealkylation sites (N-methyl/N-ethyl adjacent to an activating group) is 1. The van der Waals surface area contributed by atoms with Crippen LogP contribution in [0.4, 0.5) is 11.4 Å². The van der Waals surface area contributed by atoms with Crippen LogP contribution >= 0.6 is 0 Å². The number of nitrogens with zero attached hydrogens (tertiary/aromatic N) is 2. The van der Waals surface area contributed by atoms with Gasteiger partial charge in [0.05, 0.1) is 24.0 Å². The number of esters is 1. The lowest BCUT2D eigenvalue weighted by Crippen LogP contribution is -2.57. The summed E-state index contributed by atoms with van der Waals surface area (Å²) in [4.78, 5) is 16.1. The Balaban J connectivity index is 2.24. The number of ether oxygens (including phenoxy) is 1. The molecular weight excluding hydrogens is 254 g/mol. The van der Waals surface area contributed by atoms with Crippen molar-refractivity contribution in [3.8, 4) is 0 Å². The van der Waals surface area contributed by atoms with Crippen molar-refractivity contribution in [3.05, 3.63) is 23.8 Å². The van der Waals surface area contributed by atoms with Crippen LogP contribution in [0.25, 0.3) is 0 Å². The van der Waals surface area contributed by atoms with Crippen molar-refractivity contribution in [1.82, 2.24) is 4.90 Å². The van der Waals surface area contributed by atoms with Gasteiger partial charge in [0.1, 0.15) is 0 Å². The maximum atomic E-state index is 11.5. The van der Waals surface area contributed by atoms with E-state index in [4.69, 9.17) is 10.5 Å². The second-order valence-electron chi connectivity index (χ2n) is 5.92. The Hall–Kier alpha value is -1.75. The maximum Gasteiger partial charge on any atom is 0.337 e. The fourth-order valence-corrected chi connectivity index (χ4v) is 2.53. The molecule has 0 unspecified atom stereocenters. The lowest BCUT2D eigenvalue weighted by molar-refractivity contribution is 0.0601. The first-order chi connectivity index (χ1) is 9.35. The predicted octanol–water partition coefficient (Wildman–Crippen LogP) is 1.59. The second kappa shape index (κ2) is 5.32. The number of carbonyl (C=O) groups is 1. The van der Waals surface area contributed by atoms with Gasteiger partial charge in [-0.15, -0.1) is 0 Å². The van der Waals surface area contributed by atoms with Gasteiger partial charge in [-0.2, -0.15) is 0 Å². The number of rotatable bonds is 2. The Bertz CT molecular complexity index is 514. The third-order valence-electron chi connectivity index (χ3n) is 4.11. The van der Waals surface area contributed by atoms with Gasteiger partial charge < -0.3 is 15.4 Å². The van der Waals surface area contributed by atoms with Crippen molar-refractivity contribution < 1.29 is 9.53 Å². The molecule has 0 spiro atoms. The molecule has 1 aliphatic rings. The fourth-order valence-electron chi connectivity index (χ4n) is 2.53. The smallest absolute Gasteiger partial charge is 0.337 e. The summed E-state index contributed by atoms with van der Waals surface area (Å²) in [6.07, 6.45) is 0. The van der Waals surface area contributed by atoms with Crippen molar-refractivity contribution in [3.63, 3.8) is 0 Å². The number of benzene rings is 1. The maximum absolute atomic E-state index is 11.5. The van der Waals surface area contributed by atoms with Crippen LogP contribution in [0.5, 0.6) is 0 Å². The van der Waals surface area contributed by atoms with Crippen LogP contribution in [0.3, 0.4) is 0 Å². The summed E-state index contributed by atoms with van der Waals surface area (Å²) in [6.45, 7) is 7.27. The van der Waals surface area contributed by atoms with Crippen LogP contribution in [0.2, 0.25) is 0 Å². The first kappa shape index (κ1) is 14.7. The van der Waals surface area contributed by atoms with Crippen LogP contribution < -0.4 is 10.6 Å². The largest absolute Gasteiger partial charge is 0.465 e. The number of hydrogen-bond donors (Lipinski definition) is 1. The van der Waals surface area contributed by atoms with Gasteiger partial charge in [-0.05, 0) is 39.1 Å². The van der Waals surface area contributed by atoms with E-state index >= 15 is 0 Å². The molecule has 0 aliphatic carbocycles. The molecule has 1 fully saturated rings. The Labute approximate surface area is 120 Å². The van der Waals surface area contributed by atoms with Crippen LogP contribution in [0.15, 0.2) is 18.2 Å². The summed E-state index contributed by atoms with van der Waals surface area (Å²) in [5, 5.41) is 0. The van der Waals surface area contributed by atoms with E-state index in [1.807, 2.05) is 6.07 Å². The molecule has 2 rings (SSSR count). The first-order valence-corrected chi connectivity index (χ1v) is 6.79. The molecule has 2 N–H and O–H groups in total. The van der Waals surface area contributed by atoms with E-state index in [-0.39, 0.29) is 11.5 Å². The Morgan fingerprint density at radius 3 is 2.60 bits per heavy atom. The van der Waals surface area contributed by atoms with E-state index in [0.29, 0.717) is 11.3 Å². The average Bonchev–Trinajstić information content (AvgIpc) is 2.41. The van der Waals surface area contributed by atoms with E-state index in [9.17, 15) is 4.79 Å². The van der Waals surface area contributed by atoms with Crippen molar-refractivity contribution in [2.75, 3.05) is 44.4 Å². The summed E-state index contributed by atoms with van der Waals surface area (Å²) in [7, 11) is 3.51. The van der Waals surface area contributed by atoms with Gasteiger partial charge >= 0.3 is 5.97 Å². The first-order valence-electron chi connectivity index (χ1n) is 6.79. The molecule has 0 bridgehead atoms. The van der Waals surface area contributed by atoms with Gasteiger partial charge in [-0.3, -0.25) is 4.90 Å². The van der Waals surface area contributed by atoms with Crippen LogP contribution in [0.1, 0.15) is 24.2 Å².